The fraction of sp³-hybridized carbons (Fsp3) is 0.333. The van der Waals surface area contributed by atoms with Gasteiger partial charge in [0.05, 0.1) is 6.42 Å². The standard InChI is InChI=1S/C15H20N4O/c16-12-14-5-3-13(4-6-14)11-15(20)17-7-1-9-19-10-2-8-18-19/h2-6,8,10H,1,7,9,11-12,16H2,(H,17,20). The van der Waals surface area contributed by atoms with Crippen LogP contribution in [0.5, 0.6) is 0 Å². The van der Waals surface area contributed by atoms with Crippen molar-refractivity contribution < 1.29 is 4.79 Å². The van der Waals surface area contributed by atoms with Crippen molar-refractivity contribution in [1.29, 1.82) is 0 Å². The summed E-state index contributed by atoms with van der Waals surface area (Å²) in [5.41, 5.74) is 7.62. The van der Waals surface area contributed by atoms with E-state index in [-0.39, 0.29) is 5.91 Å². The van der Waals surface area contributed by atoms with Gasteiger partial charge in [-0.15, -0.1) is 0 Å². The number of nitrogens with one attached hydrogen (secondary N) is 1. The number of rotatable bonds is 7. The van der Waals surface area contributed by atoms with Crippen LogP contribution in [0.3, 0.4) is 0 Å². The molecule has 106 valence electrons. The van der Waals surface area contributed by atoms with Crippen LogP contribution in [0.4, 0.5) is 0 Å². The molecule has 5 heteroatoms. The van der Waals surface area contributed by atoms with Crippen LogP contribution >= 0.6 is 0 Å². The molecule has 0 saturated carbocycles. The number of amides is 1. The van der Waals surface area contributed by atoms with Crippen molar-refractivity contribution in [3.8, 4) is 0 Å². The van der Waals surface area contributed by atoms with E-state index in [2.05, 4.69) is 10.4 Å². The summed E-state index contributed by atoms with van der Waals surface area (Å²) in [4.78, 5) is 11.8. The molecular weight excluding hydrogens is 252 g/mol. The molecule has 1 amide bonds. The first-order valence-corrected chi connectivity index (χ1v) is 6.80. The quantitative estimate of drug-likeness (QED) is 0.741. The van der Waals surface area contributed by atoms with Crippen LogP contribution in [0.25, 0.3) is 0 Å². The minimum absolute atomic E-state index is 0.0472. The first kappa shape index (κ1) is 14.3. The highest BCUT2D eigenvalue weighted by molar-refractivity contribution is 5.78. The number of nitrogens with zero attached hydrogens (tertiary/aromatic N) is 2. The van der Waals surface area contributed by atoms with Gasteiger partial charge in [-0.1, -0.05) is 24.3 Å². The van der Waals surface area contributed by atoms with E-state index in [1.54, 1.807) is 6.20 Å². The molecule has 20 heavy (non-hydrogen) atoms. The molecule has 0 aliphatic rings. The van der Waals surface area contributed by atoms with Gasteiger partial charge in [0.1, 0.15) is 0 Å². The highest BCUT2D eigenvalue weighted by Crippen LogP contribution is 2.04. The van der Waals surface area contributed by atoms with E-state index in [1.165, 1.54) is 0 Å². The smallest absolute Gasteiger partial charge is 0.224 e. The molecule has 0 spiro atoms. The summed E-state index contributed by atoms with van der Waals surface area (Å²) in [6, 6.07) is 9.71. The average molecular weight is 272 g/mol. The monoisotopic (exact) mass is 272 g/mol. The lowest BCUT2D eigenvalue weighted by Crippen LogP contribution is -2.26. The van der Waals surface area contributed by atoms with Gasteiger partial charge < -0.3 is 11.1 Å². The predicted molar refractivity (Wildman–Crippen MR) is 77.9 cm³/mol. The third-order valence-corrected chi connectivity index (χ3v) is 3.07. The van der Waals surface area contributed by atoms with Crippen molar-refractivity contribution in [2.24, 2.45) is 5.73 Å². The van der Waals surface area contributed by atoms with Crippen molar-refractivity contribution in [3.05, 3.63) is 53.9 Å². The Balaban J connectivity index is 1.66. The maximum Gasteiger partial charge on any atom is 0.224 e. The highest BCUT2D eigenvalue weighted by Gasteiger charge is 2.02. The second-order valence-electron chi connectivity index (χ2n) is 4.67. The molecule has 0 bridgehead atoms. The van der Waals surface area contributed by atoms with E-state index < -0.39 is 0 Å². The second-order valence-corrected chi connectivity index (χ2v) is 4.67. The SMILES string of the molecule is NCc1ccc(CC(=O)NCCCn2cccn2)cc1. The van der Waals surface area contributed by atoms with Gasteiger partial charge in [-0.05, 0) is 23.6 Å². The van der Waals surface area contributed by atoms with Crippen LogP contribution in [0.2, 0.25) is 0 Å². The molecular formula is C15H20N4O. The van der Waals surface area contributed by atoms with Crippen LogP contribution < -0.4 is 11.1 Å². The lowest BCUT2D eigenvalue weighted by atomic mass is 10.1. The maximum atomic E-state index is 11.8. The number of hydrogen-bond acceptors (Lipinski definition) is 3. The Kier molecular flexibility index (Phi) is 5.32. The van der Waals surface area contributed by atoms with Crippen molar-refractivity contribution in [2.45, 2.75) is 25.9 Å². The van der Waals surface area contributed by atoms with Crippen LogP contribution in [-0.2, 0) is 24.3 Å². The van der Waals surface area contributed by atoms with E-state index in [9.17, 15) is 4.79 Å². The number of aryl methyl sites for hydroxylation is 1. The summed E-state index contributed by atoms with van der Waals surface area (Å²) in [6.45, 7) is 2.01. The molecule has 0 saturated heterocycles. The third-order valence-electron chi connectivity index (χ3n) is 3.07. The molecule has 2 rings (SSSR count). The van der Waals surface area contributed by atoms with E-state index in [1.807, 2.05) is 41.2 Å². The Morgan fingerprint density at radius 2 is 2.00 bits per heavy atom. The summed E-state index contributed by atoms with van der Waals surface area (Å²) < 4.78 is 1.86. The summed E-state index contributed by atoms with van der Waals surface area (Å²) in [6.07, 6.45) is 4.95. The Morgan fingerprint density at radius 1 is 1.25 bits per heavy atom. The Hall–Kier alpha value is -2.14. The zero-order valence-corrected chi connectivity index (χ0v) is 11.5. The lowest BCUT2D eigenvalue weighted by Gasteiger charge is -2.06. The minimum atomic E-state index is 0.0472. The molecule has 0 atom stereocenters. The maximum absolute atomic E-state index is 11.8. The summed E-state index contributed by atoms with van der Waals surface area (Å²) in [7, 11) is 0. The highest BCUT2D eigenvalue weighted by atomic mass is 16.1. The van der Waals surface area contributed by atoms with Gasteiger partial charge in [-0.2, -0.15) is 5.10 Å². The third kappa shape index (κ3) is 4.51. The zero-order valence-electron chi connectivity index (χ0n) is 11.5. The Labute approximate surface area is 118 Å². The van der Waals surface area contributed by atoms with Crippen LogP contribution in [0.1, 0.15) is 17.5 Å². The minimum Gasteiger partial charge on any atom is -0.356 e. The summed E-state index contributed by atoms with van der Waals surface area (Å²) in [5.74, 6) is 0.0472. The first-order chi connectivity index (χ1) is 9.78. The van der Waals surface area contributed by atoms with E-state index >= 15 is 0 Å². The molecule has 0 aliphatic carbocycles. The molecule has 1 aromatic carbocycles. The number of hydrogen-bond donors (Lipinski definition) is 2. The van der Waals surface area contributed by atoms with Crippen molar-refractivity contribution in [1.82, 2.24) is 15.1 Å². The molecule has 2 aromatic rings. The van der Waals surface area contributed by atoms with Crippen LogP contribution in [0.15, 0.2) is 42.7 Å². The van der Waals surface area contributed by atoms with Gasteiger partial charge in [-0.25, -0.2) is 0 Å². The fourth-order valence-corrected chi connectivity index (χ4v) is 1.94. The molecule has 0 fully saturated rings. The number of carbonyl (C=O) groups is 1. The topological polar surface area (TPSA) is 72.9 Å². The molecule has 3 N–H and O–H groups in total. The zero-order chi connectivity index (χ0) is 14.2. The molecule has 5 nitrogen and oxygen atoms in total. The largest absolute Gasteiger partial charge is 0.356 e. The summed E-state index contributed by atoms with van der Waals surface area (Å²) >= 11 is 0. The molecule has 0 unspecified atom stereocenters. The van der Waals surface area contributed by atoms with Gasteiger partial charge in [0, 0.05) is 32.0 Å². The van der Waals surface area contributed by atoms with E-state index in [0.717, 1.165) is 24.1 Å². The van der Waals surface area contributed by atoms with Crippen LogP contribution in [0, 0.1) is 0 Å². The van der Waals surface area contributed by atoms with Crippen LogP contribution in [-0.4, -0.2) is 22.2 Å². The van der Waals surface area contributed by atoms with Crippen molar-refractivity contribution >= 4 is 5.91 Å². The predicted octanol–water partition coefficient (Wildman–Crippen LogP) is 1.09. The van der Waals surface area contributed by atoms with E-state index in [4.69, 9.17) is 5.73 Å². The van der Waals surface area contributed by atoms with Crippen molar-refractivity contribution in [3.63, 3.8) is 0 Å². The molecule has 1 heterocycles. The normalized spacial score (nSPS) is 10.4. The van der Waals surface area contributed by atoms with E-state index in [0.29, 0.717) is 19.5 Å². The van der Waals surface area contributed by atoms with Gasteiger partial charge >= 0.3 is 0 Å². The number of carbonyl (C=O) groups excluding carboxylic acids is 1. The van der Waals surface area contributed by atoms with Crippen molar-refractivity contribution in [2.75, 3.05) is 6.54 Å². The second kappa shape index (κ2) is 7.45. The summed E-state index contributed by atoms with van der Waals surface area (Å²) in [5, 5.41) is 7.03. The van der Waals surface area contributed by atoms with Gasteiger partial charge in [-0.3, -0.25) is 9.48 Å². The fourth-order valence-electron chi connectivity index (χ4n) is 1.94. The lowest BCUT2D eigenvalue weighted by molar-refractivity contribution is -0.120. The first-order valence-electron chi connectivity index (χ1n) is 6.80. The Morgan fingerprint density at radius 3 is 2.65 bits per heavy atom. The average Bonchev–Trinajstić information content (AvgIpc) is 2.98. The van der Waals surface area contributed by atoms with Gasteiger partial charge in [0.25, 0.3) is 0 Å². The van der Waals surface area contributed by atoms with Gasteiger partial charge in [0.2, 0.25) is 5.91 Å². The Bertz CT molecular complexity index is 519. The number of aromatic nitrogens is 2. The van der Waals surface area contributed by atoms with Gasteiger partial charge in [0.15, 0.2) is 0 Å². The molecule has 1 aromatic heterocycles. The molecule has 0 radical (unpaired) electrons. The molecule has 0 aliphatic heterocycles. The number of nitrogens with two attached hydrogens (primary N) is 1. The number of benzene rings is 1.